The summed E-state index contributed by atoms with van der Waals surface area (Å²) in [4.78, 5) is 4.43. The van der Waals surface area contributed by atoms with Gasteiger partial charge in [0.2, 0.25) is 0 Å². The second kappa shape index (κ2) is 5.89. The van der Waals surface area contributed by atoms with Gasteiger partial charge in [0.1, 0.15) is 5.82 Å². The Kier molecular flexibility index (Phi) is 4.46. The smallest absolute Gasteiger partial charge is 0.134 e. The minimum atomic E-state index is 0.226. The van der Waals surface area contributed by atoms with E-state index < -0.39 is 0 Å². The van der Waals surface area contributed by atoms with Crippen LogP contribution in [0.25, 0.3) is 10.8 Å². The van der Waals surface area contributed by atoms with Gasteiger partial charge in [0.05, 0.1) is 0 Å². The fraction of sp³-hybridized carbons (Fsp3) is 0.357. The first-order chi connectivity index (χ1) is 8.63. The quantitative estimate of drug-likeness (QED) is 0.825. The summed E-state index contributed by atoms with van der Waals surface area (Å²) >= 11 is 9.56. The van der Waals surface area contributed by atoms with E-state index in [0.717, 1.165) is 21.1 Å². The molecular formula is C14H16BrClN2. The van der Waals surface area contributed by atoms with E-state index in [2.05, 4.69) is 46.1 Å². The van der Waals surface area contributed by atoms with Crippen molar-refractivity contribution in [2.45, 2.75) is 19.9 Å². The van der Waals surface area contributed by atoms with Crippen LogP contribution in [0.3, 0.4) is 0 Å². The lowest BCUT2D eigenvalue weighted by Gasteiger charge is -2.21. The molecular weight excluding hydrogens is 312 g/mol. The van der Waals surface area contributed by atoms with Crippen LogP contribution in [0.5, 0.6) is 0 Å². The van der Waals surface area contributed by atoms with Crippen LogP contribution < -0.4 is 5.32 Å². The van der Waals surface area contributed by atoms with Gasteiger partial charge in [0, 0.05) is 33.4 Å². The molecule has 0 aliphatic rings. The average Bonchev–Trinajstić information content (AvgIpc) is 2.36. The Bertz CT molecular complexity index is 542. The molecule has 0 fully saturated rings. The summed E-state index contributed by atoms with van der Waals surface area (Å²) < 4.78 is 1.08. The van der Waals surface area contributed by atoms with Crippen LogP contribution in [0.15, 0.2) is 34.9 Å². The average molecular weight is 328 g/mol. The Balaban J connectivity index is 2.42. The van der Waals surface area contributed by atoms with Crippen molar-refractivity contribution in [3.8, 4) is 0 Å². The number of nitrogens with one attached hydrogen (secondary N) is 1. The van der Waals surface area contributed by atoms with E-state index >= 15 is 0 Å². The third kappa shape index (κ3) is 2.78. The van der Waals surface area contributed by atoms with E-state index in [-0.39, 0.29) is 6.04 Å². The van der Waals surface area contributed by atoms with Gasteiger partial charge in [-0.05, 0) is 18.1 Å². The molecule has 18 heavy (non-hydrogen) atoms. The number of fused-ring (bicyclic) bond motifs is 1. The molecule has 1 aromatic carbocycles. The van der Waals surface area contributed by atoms with Gasteiger partial charge in [0.15, 0.2) is 0 Å². The SMILES string of the molecule is CC(C)C(CCl)Nc1nccc2c(Br)cccc12. The fourth-order valence-corrected chi connectivity index (χ4v) is 2.77. The molecule has 0 bridgehead atoms. The highest BCUT2D eigenvalue weighted by atomic mass is 79.9. The molecule has 0 radical (unpaired) electrons. The summed E-state index contributed by atoms with van der Waals surface area (Å²) in [6.45, 7) is 4.31. The highest BCUT2D eigenvalue weighted by molar-refractivity contribution is 9.10. The van der Waals surface area contributed by atoms with E-state index in [9.17, 15) is 0 Å². The first kappa shape index (κ1) is 13.6. The van der Waals surface area contributed by atoms with Crippen molar-refractivity contribution in [2.75, 3.05) is 11.2 Å². The predicted molar refractivity (Wildman–Crippen MR) is 82.4 cm³/mol. The molecule has 0 amide bonds. The van der Waals surface area contributed by atoms with E-state index in [0.29, 0.717) is 11.8 Å². The maximum absolute atomic E-state index is 6.00. The third-order valence-corrected chi connectivity index (χ3v) is 4.07. The molecule has 4 heteroatoms. The Morgan fingerprint density at radius 3 is 2.72 bits per heavy atom. The van der Waals surface area contributed by atoms with E-state index in [4.69, 9.17) is 11.6 Å². The van der Waals surface area contributed by atoms with E-state index in [1.807, 2.05) is 24.4 Å². The molecule has 2 rings (SSSR count). The lowest BCUT2D eigenvalue weighted by atomic mass is 10.1. The largest absolute Gasteiger partial charge is 0.365 e. The second-order valence-corrected chi connectivity index (χ2v) is 5.81. The molecule has 2 nitrogen and oxygen atoms in total. The van der Waals surface area contributed by atoms with Gasteiger partial charge in [-0.1, -0.05) is 41.9 Å². The van der Waals surface area contributed by atoms with Crippen molar-refractivity contribution in [2.24, 2.45) is 5.92 Å². The minimum absolute atomic E-state index is 0.226. The maximum Gasteiger partial charge on any atom is 0.134 e. The van der Waals surface area contributed by atoms with Gasteiger partial charge < -0.3 is 5.32 Å². The summed E-state index contributed by atoms with van der Waals surface area (Å²) in [7, 11) is 0. The Morgan fingerprint density at radius 2 is 2.06 bits per heavy atom. The molecule has 0 aliphatic heterocycles. The molecule has 1 N–H and O–H groups in total. The van der Waals surface area contributed by atoms with Crippen molar-refractivity contribution >= 4 is 44.1 Å². The molecule has 1 atom stereocenters. The number of halogens is 2. The summed E-state index contributed by atoms with van der Waals surface area (Å²) in [5, 5.41) is 5.71. The summed E-state index contributed by atoms with van der Waals surface area (Å²) in [6.07, 6.45) is 1.82. The van der Waals surface area contributed by atoms with E-state index in [1.165, 1.54) is 0 Å². The fourth-order valence-electron chi connectivity index (χ4n) is 1.84. The predicted octanol–water partition coefficient (Wildman–Crippen LogP) is 4.67. The zero-order chi connectivity index (χ0) is 13.1. The Hall–Kier alpha value is -0.800. The molecule has 1 aromatic heterocycles. The first-order valence-corrected chi connectivity index (χ1v) is 7.32. The van der Waals surface area contributed by atoms with Crippen LogP contribution in [0.4, 0.5) is 5.82 Å². The van der Waals surface area contributed by atoms with Crippen LogP contribution in [0.2, 0.25) is 0 Å². The lowest BCUT2D eigenvalue weighted by molar-refractivity contribution is 0.563. The molecule has 96 valence electrons. The molecule has 0 spiro atoms. The highest BCUT2D eigenvalue weighted by Crippen LogP contribution is 2.28. The van der Waals surface area contributed by atoms with Crippen molar-refractivity contribution in [3.63, 3.8) is 0 Å². The van der Waals surface area contributed by atoms with Gasteiger partial charge in [-0.3, -0.25) is 0 Å². The van der Waals surface area contributed by atoms with E-state index in [1.54, 1.807) is 0 Å². The number of hydrogen-bond acceptors (Lipinski definition) is 2. The number of anilines is 1. The van der Waals surface area contributed by atoms with Gasteiger partial charge in [-0.15, -0.1) is 11.6 Å². The monoisotopic (exact) mass is 326 g/mol. The van der Waals surface area contributed by atoms with Crippen molar-refractivity contribution in [1.29, 1.82) is 0 Å². The number of alkyl halides is 1. The maximum atomic E-state index is 6.00. The molecule has 1 heterocycles. The summed E-state index contributed by atoms with van der Waals surface area (Å²) in [6, 6.07) is 8.36. The van der Waals surface area contributed by atoms with Crippen LogP contribution >= 0.6 is 27.5 Å². The first-order valence-electron chi connectivity index (χ1n) is 5.99. The highest BCUT2D eigenvalue weighted by Gasteiger charge is 2.14. The molecule has 0 saturated heterocycles. The van der Waals surface area contributed by atoms with Crippen LogP contribution in [0.1, 0.15) is 13.8 Å². The van der Waals surface area contributed by atoms with Gasteiger partial charge in [-0.2, -0.15) is 0 Å². The van der Waals surface area contributed by atoms with Crippen molar-refractivity contribution in [3.05, 3.63) is 34.9 Å². The number of pyridine rings is 1. The number of benzene rings is 1. The number of rotatable bonds is 4. The van der Waals surface area contributed by atoms with Gasteiger partial charge >= 0.3 is 0 Å². The zero-order valence-electron chi connectivity index (χ0n) is 10.5. The zero-order valence-corrected chi connectivity index (χ0v) is 12.8. The number of hydrogen-bond donors (Lipinski definition) is 1. The second-order valence-electron chi connectivity index (χ2n) is 4.64. The normalized spacial score (nSPS) is 12.9. The van der Waals surface area contributed by atoms with Crippen LogP contribution in [-0.4, -0.2) is 16.9 Å². The minimum Gasteiger partial charge on any atom is -0.365 e. The standard InChI is InChI=1S/C14H16BrClN2/c1-9(2)13(8-16)18-14-11-4-3-5-12(15)10(11)6-7-17-14/h3-7,9,13H,8H2,1-2H3,(H,17,18). The lowest BCUT2D eigenvalue weighted by Crippen LogP contribution is -2.27. The molecule has 1 unspecified atom stereocenters. The van der Waals surface area contributed by atoms with Crippen LogP contribution in [0, 0.1) is 5.92 Å². The van der Waals surface area contributed by atoms with Gasteiger partial charge in [-0.25, -0.2) is 4.98 Å². The topological polar surface area (TPSA) is 24.9 Å². The van der Waals surface area contributed by atoms with Gasteiger partial charge in [0.25, 0.3) is 0 Å². The van der Waals surface area contributed by atoms with Crippen molar-refractivity contribution < 1.29 is 0 Å². The summed E-state index contributed by atoms with van der Waals surface area (Å²) in [5.41, 5.74) is 0. The molecule has 0 aliphatic carbocycles. The van der Waals surface area contributed by atoms with Crippen molar-refractivity contribution in [1.82, 2.24) is 4.98 Å². The Morgan fingerprint density at radius 1 is 1.28 bits per heavy atom. The molecule has 2 aromatic rings. The summed E-state index contributed by atoms with van der Waals surface area (Å²) in [5.74, 6) is 1.93. The third-order valence-electron chi connectivity index (χ3n) is 3.05. The number of aromatic nitrogens is 1. The Labute approximate surface area is 121 Å². The number of nitrogens with zero attached hydrogens (tertiary/aromatic N) is 1. The van der Waals surface area contributed by atoms with Crippen LogP contribution in [-0.2, 0) is 0 Å². The molecule has 0 saturated carbocycles.